The molecule has 1 aromatic rings. The van der Waals surface area contributed by atoms with Crippen LogP contribution in [0.1, 0.15) is 5.56 Å². The Balaban J connectivity index is 1.47. The van der Waals surface area contributed by atoms with Crippen molar-refractivity contribution < 1.29 is 19.1 Å². The van der Waals surface area contributed by atoms with Crippen molar-refractivity contribution in [2.75, 3.05) is 46.1 Å². The number of hydrogen-bond donors (Lipinski definition) is 2. The van der Waals surface area contributed by atoms with Gasteiger partial charge in [0.05, 0.1) is 0 Å². The summed E-state index contributed by atoms with van der Waals surface area (Å²) < 4.78 is 10.5. The third-order valence-corrected chi connectivity index (χ3v) is 4.19. The van der Waals surface area contributed by atoms with E-state index in [0.717, 1.165) is 25.2 Å². The Bertz CT molecular complexity index is 614. The second-order valence-corrected chi connectivity index (χ2v) is 5.79. The Hall–Kier alpha value is -2.32. The van der Waals surface area contributed by atoms with Gasteiger partial charge in [0.15, 0.2) is 11.5 Å². The molecule has 0 aromatic heterocycles. The molecule has 2 aliphatic rings. The van der Waals surface area contributed by atoms with Crippen molar-refractivity contribution in [3.63, 3.8) is 0 Å². The van der Waals surface area contributed by atoms with Crippen LogP contribution in [0.4, 0.5) is 0 Å². The molecule has 1 aromatic carbocycles. The van der Waals surface area contributed by atoms with Gasteiger partial charge >= 0.3 is 11.8 Å². The number of nitrogens with zero attached hydrogens (tertiary/aromatic N) is 2. The van der Waals surface area contributed by atoms with Crippen LogP contribution in [0.25, 0.3) is 0 Å². The number of benzene rings is 1. The molecule has 0 atom stereocenters. The zero-order valence-electron chi connectivity index (χ0n) is 13.5. The van der Waals surface area contributed by atoms with Gasteiger partial charge in [0.1, 0.15) is 0 Å². The van der Waals surface area contributed by atoms with Gasteiger partial charge in [0, 0.05) is 45.8 Å². The van der Waals surface area contributed by atoms with Gasteiger partial charge in [-0.25, -0.2) is 0 Å². The van der Waals surface area contributed by atoms with E-state index in [2.05, 4.69) is 10.2 Å². The van der Waals surface area contributed by atoms with Crippen molar-refractivity contribution in [1.29, 1.82) is 0 Å². The molecule has 24 heavy (non-hydrogen) atoms. The van der Waals surface area contributed by atoms with Crippen molar-refractivity contribution in [1.82, 2.24) is 15.1 Å². The van der Waals surface area contributed by atoms with E-state index in [1.807, 2.05) is 6.07 Å². The maximum Gasteiger partial charge on any atom is 0.311 e. The van der Waals surface area contributed by atoms with E-state index < -0.39 is 11.8 Å². The number of hydrogen-bond acceptors (Lipinski definition) is 6. The molecule has 8 heteroatoms. The van der Waals surface area contributed by atoms with E-state index in [1.165, 1.54) is 0 Å². The van der Waals surface area contributed by atoms with Gasteiger partial charge in [-0.1, -0.05) is 6.07 Å². The van der Waals surface area contributed by atoms with Gasteiger partial charge in [0.25, 0.3) is 0 Å². The summed E-state index contributed by atoms with van der Waals surface area (Å²) in [6, 6.07) is 5.44. The van der Waals surface area contributed by atoms with Gasteiger partial charge in [0.2, 0.25) is 6.79 Å². The summed E-state index contributed by atoms with van der Waals surface area (Å²) in [5, 5.41) is 2.66. The molecule has 130 valence electrons. The van der Waals surface area contributed by atoms with E-state index in [0.29, 0.717) is 31.1 Å². The molecule has 0 spiro atoms. The summed E-state index contributed by atoms with van der Waals surface area (Å²) in [5.41, 5.74) is 6.38. The highest BCUT2D eigenvalue weighted by Gasteiger charge is 2.25. The maximum atomic E-state index is 12.2. The van der Waals surface area contributed by atoms with Crippen LogP contribution in [0.3, 0.4) is 0 Å². The minimum atomic E-state index is -0.583. The SMILES string of the molecule is NCCN1CCN(C(=O)C(=O)NCc2ccc3c(c2)OCO3)CC1. The molecule has 0 bridgehead atoms. The lowest BCUT2D eigenvalue weighted by Gasteiger charge is -2.34. The largest absolute Gasteiger partial charge is 0.454 e. The molecule has 2 amide bonds. The Morgan fingerprint density at radius 2 is 1.88 bits per heavy atom. The molecule has 0 radical (unpaired) electrons. The van der Waals surface area contributed by atoms with E-state index in [4.69, 9.17) is 15.2 Å². The summed E-state index contributed by atoms with van der Waals surface area (Å²) in [5.74, 6) is 0.281. The molecular weight excluding hydrogens is 312 g/mol. The molecule has 0 unspecified atom stereocenters. The smallest absolute Gasteiger partial charge is 0.311 e. The molecule has 0 saturated carbocycles. The summed E-state index contributed by atoms with van der Waals surface area (Å²) in [6.45, 7) is 4.50. The summed E-state index contributed by atoms with van der Waals surface area (Å²) in [4.78, 5) is 28.0. The molecular formula is C16H22N4O4. The highest BCUT2D eigenvalue weighted by molar-refractivity contribution is 6.35. The van der Waals surface area contributed by atoms with Crippen LogP contribution in [0, 0.1) is 0 Å². The van der Waals surface area contributed by atoms with Crippen molar-refractivity contribution in [2.24, 2.45) is 5.73 Å². The number of fused-ring (bicyclic) bond motifs is 1. The van der Waals surface area contributed by atoms with E-state index >= 15 is 0 Å². The first-order valence-corrected chi connectivity index (χ1v) is 8.05. The highest BCUT2D eigenvalue weighted by Crippen LogP contribution is 2.32. The monoisotopic (exact) mass is 334 g/mol. The Morgan fingerprint density at radius 1 is 1.12 bits per heavy atom. The normalized spacial score (nSPS) is 17.0. The number of piperazine rings is 1. The lowest BCUT2D eigenvalue weighted by Crippen LogP contribution is -2.53. The molecule has 8 nitrogen and oxygen atoms in total. The third kappa shape index (κ3) is 3.77. The highest BCUT2D eigenvalue weighted by atomic mass is 16.7. The molecule has 3 rings (SSSR count). The fraction of sp³-hybridized carbons (Fsp3) is 0.500. The maximum absolute atomic E-state index is 12.2. The van der Waals surface area contributed by atoms with Crippen LogP contribution in [-0.4, -0.2) is 67.7 Å². The predicted octanol–water partition coefficient (Wildman–Crippen LogP) is -0.866. The number of ether oxygens (including phenoxy) is 2. The van der Waals surface area contributed by atoms with Crippen molar-refractivity contribution in [3.05, 3.63) is 23.8 Å². The minimum Gasteiger partial charge on any atom is -0.454 e. The standard InChI is InChI=1S/C16H22N4O4/c17-3-4-19-5-7-20(8-6-19)16(22)15(21)18-10-12-1-2-13-14(9-12)24-11-23-13/h1-2,9H,3-8,10-11,17H2,(H,18,21). The average molecular weight is 334 g/mol. The number of carbonyl (C=O) groups is 2. The summed E-state index contributed by atoms with van der Waals surface area (Å²) in [6.07, 6.45) is 0. The zero-order chi connectivity index (χ0) is 16.9. The first kappa shape index (κ1) is 16.5. The minimum absolute atomic E-state index is 0.208. The predicted molar refractivity (Wildman–Crippen MR) is 86.5 cm³/mol. The van der Waals surface area contributed by atoms with E-state index in [9.17, 15) is 9.59 Å². The second kappa shape index (κ2) is 7.50. The van der Waals surface area contributed by atoms with E-state index in [-0.39, 0.29) is 13.3 Å². The Morgan fingerprint density at radius 3 is 2.62 bits per heavy atom. The number of nitrogens with one attached hydrogen (secondary N) is 1. The van der Waals surface area contributed by atoms with Gasteiger partial charge in [-0.15, -0.1) is 0 Å². The first-order valence-electron chi connectivity index (χ1n) is 8.05. The quantitative estimate of drug-likeness (QED) is 0.695. The van der Waals surface area contributed by atoms with Gasteiger partial charge in [-0.2, -0.15) is 0 Å². The number of amides is 2. The van der Waals surface area contributed by atoms with Crippen LogP contribution >= 0.6 is 0 Å². The van der Waals surface area contributed by atoms with Gasteiger partial charge in [-0.3, -0.25) is 14.5 Å². The van der Waals surface area contributed by atoms with Gasteiger partial charge < -0.3 is 25.4 Å². The number of carbonyl (C=O) groups excluding carboxylic acids is 2. The Labute approximate surface area is 140 Å². The molecule has 1 fully saturated rings. The molecule has 1 saturated heterocycles. The number of rotatable bonds is 4. The molecule has 0 aliphatic carbocycles. The van der Waals surface area contributed by atoms with E-state index in [1.54, 1.807) is 17.0 Å². The van der Waals surface area contributed by atoms with Crippen LogP contribution in [-0.2, 0) is 16.1 Å². The Kier molecular flexibility index (Phi) is 5.17. The average Bonchev–Trinajstić information content (AvgIpc) is 3.07. The first-order chi connectivity index (χ1) is 11.7. The second-order valence-electron chi connectivity index (χ2n) is 5.79. The van der Waals surface area contributed by atoms with Crippen LogP contribution < -0.4 is 20.5 Å². The lowest BCUT2D eigenvalue weighted by atomic mass is 10.2. The van der Waals surface area contributed by atoms with Crippen LogP contribution in [0.2, 0.25) is 0 Å². The van der Waals surface area contributed by atoms with Gasteiger partial charge in [-0.05, 0) is 17.7 Å². The zero-order valence-corrected chi connectivity index (χ0v) is 13.5. The topological polar surface area (TPSA) is 97.1 Å². The summed E-state index contributed by atoms with van der Waals surface area (Å²) in [7, 11) is 0. The summed E-state index contributed by atoms with van der Waals surface area (Å²) >= 11 is 0. The molecule has 2 aliphatic heterocycles. The van der Waals surface area contributed by atoms with Crippen molar-refractivity contribution in [2.45, 2.75) is 6.54 Å². The number of nitrogens with two attached hydrogens (primary N) is 1. The van der Waals surface area contributed by atoms with Crippen molar-refractivity contribution >= 4 is 11.8 Å². The molecule has 3 N–H and O–H groups in total. The third-order valence-electron chi connectivity index (χ3n) is 4.19. The lowest BCUT2D eigenvalue weighted by molar-refractivity contribution is -0.147. The molecule has 2 heterocycles. The van der Waals surface area contributed by atoms with Crippen molar-refractivity contribution in [3.8, 4) is 11.5 Å². The van der Waals surface area contributed by atoms with Crippen LogP contribution in [0.5, 0.6) is 11.5 Å². The van der Waals surface area contributed by atoms with Crippen LogP contribution in [0.15, 0.2) is 18.2 Å². The fourth-order valence-electron chi connectivity index (χ4n) is 2.81. The fourth-order valence-corrected chi connectivity index (χ4v) is 2.81.